The fraction of sp³-hybridized carbons (Fsp3) is 0.294. The molecule has 1 aromatic carbocycles. The van der Waals surface area contributed by atoms with E-state index >= 15 is 0 Å². The van der Waals surface area contributed by atoms with E-state index < -0.39 is 16.8 Å². The number of methoxy groups -OCH3 is 1. The second-order valence-corrected chi connectivity index (χ2v) is 5.88. The lowest BCUT2D eigenvalue weighted by atomic mass is 9.81. The average molecular weight is 342 g/mol. The number of allylic oxidation sites excluding steroid dienone is 1. The van der Waals surface area contributed by atoms with Crippen molar-refractivity contribution in [3.8, 4) is 0 Å². The Morgan fingerprint density at radius 2 is 2.04 bits per heavy atom. The van der Waals surface area contributed by atoms with Crippen molar-refractivity contribution in [3.05, 3.63) is 62.5 Å². The summed E-state index contributed by atoms with van der Waals surface area (Å²) in [5.41, 5.74) is 2.76. The van der Waals surface area contributed by atoms with Crippen LogP contribution in [0.1, 0.15) is 29.7 Å². The van der Waals surface area contributed by atoms with Crippen LogP contribution in [-0.4, -0.2) is 27.8 Å². The smallest absolute Gasteiger partial charge is 0.336 e. The van der Waals surface area contributed by atoms with E-state index in [2.05, 4.69) is 10.4 Å². The Morgan fingerprint density at radius 1 is 1.36 bits per heavy atom. The zero-order chi connectivity index (χ0) is 18.3. The maximum absolute atomic E-state index is 12.5. The third-order valence-electron chi connectivity index (χ3n) is 4.41. The van der Waals surface area contributed by atoms with Crippen LogP contribution in [0, 0.1) is 17.0 Å². The lowest BCUT2D eigenvalue weighted by molar-refractivity contribution is -0.385. The molecule has 0 saturated carbocycles. The van der Waals surface area contributed by atoms with E-state index in [1.807, 2.05) is 6.92 Å². The van der Waals surface area contributed by atoms with Gasteiger partial charge in [0.2, 0.25) is 0 Å². The summed E-state index contributed by atoms with van der Waals surface area (Å²) in [4.78, 5) is 23.5. The molecular weight excluding hydrogens is 324 g/mol. The largest absolute Gasteiger partial charge is 0.466 e. The molecule has 130 valence electrons. The highest BCUT2D eigenvalue weighted by Crippen LogP contribution is 2.45. The number of aromatic nitrogens is 2. The number of nitro benzene ring substituents is 1. The third kappa shape index (κ3) is 2.55. The van der Waals surface area contributed by atoms with Gasteiger partial charge in [0, 0.05) is 29.9 Å². The number of aryl methyl sites for hydroxylation is 2. The Labute approximate surface area is 144 Å². The van der Waals surface area contributed by atoms with Crippen LogP contribution in [0.25, 0.3) is 0 Å². The number of carbonyl (C=O) groups is 1. The monoisotopic (exact) mass is 342 g/mol. The molecule has 3 rings (SSSR count). The second kappa shape index (κ2) is 6.04. The lowest BCUT2D eigenvalue weighted by Crippen LogP contribution is -2.25. The predicted molar refractivity (Wildman–Crippen MR) is 91.2 cm³/mol. The van der Waals surface area contributed by atoms with Crippen molar-refractivity contribution in [2.24, 2.45) is 7.05 Å². The van der Waals surface area contributed by atoms with Gasteiger partial charge in [0.25, 0.3) is 5.69 Å². The van der Waals surface area contributed by atoms with Gasteiger partial charge < -0.3 is 10.1 Å². The minimum Gasteiger partial charge on any atom is -0.466 e. The molecule has 1 N–H and O–H groups in total. The van der Waals surface area contributed by atoms with Gasteiger partial charge in [0.1, 0.15) is 5.82 Å². The first kappa shape index (κ1) is 16.7. The summed E-state index contributed by atoms with van der Waals surface area (Å²) in [5, 5.41) is 19.1. The number of fused-ring (bicyclic) bond motifs is 1. The number of nitrogens with one attached hydrogen (secondary N) is 1. The highest BCUT2D eigenvalue weighted by Gasteiger charge is 2.39. The number of ether oxygens (including phenoxy) is 1. The quantitative estimate of drug-likeness (QED) is 0.523. The van der Waals surface area contributed by atoms with Crippen molar-refractivity contribution in [2.45, 2.75) is 19.8 Å². The number of rotatable bonds is 3. The SMILES string of the molecule is COC(=O)C1=C(C)Nc2c(c(C)nn2C)C1c1ccccc1[N+](=O)[O-]. The van der Waals surface area contributed by atoms with Crippen LogP contribution in [0.3, 0.4) is 0 Å². The number of esters is 1. The summed E-state index contributed by atoms with van der Waals surface area (Å²) in [6.07, 6.45) is 0. The highest BCUT2D eigenvalue weighted by atomic mass is 16.6. The molecule has 0 saturated heterocycles. The number of benzene rings is 1. The van der Waals surface area contributed by atoms with Gasteiger partial charge in [-0.15, -0.1) is 0 Å². The minimum absolute atomic E-state index is 0.0437. The van der Waals surface area contributed by atoms with Crippen molar-refractivity contribution in [1.29, 1.82) is 0 Å². The van der Waals surface area contributed by atoms with Crippen molar-refractivity contribution in [2.75, 3.05) is 12.4 Å². The van der Waals surface area contributed by atoms with Gasteiger partial charge in [-0.25, -0.2) is 4.79 Å². The maximum Gasteiger partial charge on any atom is 0.336 e. The van der Waals surface area contributed by atoms with Crippen molar-refractivity contribution >= 4 is 17.5 Å². The first-order valence-corrected chi connectivity index (χ1v) is 7.69. The van der Waals surface area contributed by atoms with Crippen LogP contribution in [0.4, 0.5) is 11.5 Å². The highest BCUT2D eigenvalue weighted by molar-refractivity contribution is 5.95. The first-order chi connectivity index (χ1) is 11.9. The molecule has 25 heavy (non-hydrogen) atoms. The molecule has 8 nitrogen and oxygen atoms in total. The van der Waals surface area contributed by atoms with Crippen LogP contribution >= 0.6 is 0 Å². The molecular formula is C17H18N4O4. The van der Waals surface area contributed by atoms with E-state index in [9.17, 15) is 14.9 Å². The van der Waals surface area contributed by atoms with E-state index in [1.54, 1.807) is 36.9 Å². The molecule has 1 aliphatic rings. The molecule has 0 amide bonds. The maximum atomic E-state index is 12.5. The Balaban J connectivity index is 2.34. The van der Waals surface area contributed by atoms with Crippen LogP contribution in [0.15, 0.2) is 35.5 Å². The van der Waals surface area contributed by atoms with Gasteiger partial charge in [0.05, 0.1) is 29.2 Å². The molecule has 2 aromatic rings. The zero-order valence-corrected chi connectivity index (χ0v) is 14.4. The van der Waals surface area contributed by atoms with Crippen molar-refractivity contribution in [3.63, 3.8) is 0 Å². The van der Waals surface area contributed by atoms with Crippen LogP contribution < -0.4 is 5.32 Å². The molecule has 2 heterocycles. The third-order valence-corrected chi connectivity index (χ3v) is 4.41. The Morgan fingerprint density at radius 3 is 2.68 bits per heavy atom. The molecule has 0 spiro atoms. The summed E-state index contributed by atoms with van der Waals surface area (Å²) < 4.78 is 6.61. The molecule has 1 aromatic heterocycles. The normalized spacial score (nSPS) is 16.2. The Kier molecular flexibility index (Phi) is 4.03. The Bertz CT molecular complexity index is 913. The van der Waals surface area contributed by atoms with Gasteiger partial charge in [-0.3, -0.25) is 14.8 Å². The van der Waals surface area contributed by atoms with Gasteiger partial charge in [0.15, 0.2) is 0 Å². The number of hydrogen-bond donors (Lipinski definition) is 1. The molecule has 1 aliphatic heterocycles. The molecule has 0 aliphatic carbocycles. The topological polar surface area (TPSA) is 99.3 Å². The molecule has 0 bridgehead atoms. The summed E-state index contributed by atoms with van der Waals surface area (Å²) in [6, 6.07) is 6.43. The number of hydrogen-bond acceptors (Lipinski definition) is 6. The summed E-state index contributed by atoms with van der Waals surface area (Å²) >= 11 is 0. The predicted octanol–water partition coefficient (Wildman–Crippen LogP) is 2.64. The molecule has 1 atom stereocenters. The fourth-order valence-corrected chi connectivity index (χ4v) is 3.36. The van der Waals surface area contributed by atoms with Gasteiger partial charge in [-0.2, -0.15) is 5.10 Å². The lowest BCUT2D eigenvalue weighted by Gasteiger charge is -2.28. The molecule has 1 unspecified atom stereocenters. The van der Waals surface area contributed by atoms with E-state index in [1.165, 1.54) is 13.2 Å². The van der Waals surface area contributed by atoms with Crippen LogP contribution in [-0.2, 0) is 16.6 Å². The van der Waals surface area contributed by atoms with Crippen molar-refractivity contribution < 1.29 is 14.5 Å². The number of nitro groups is 1. The second-order valence-electron chi connectivity index (χ2n) is 5.88. The van der Waals surface area contributed by atoms with E-state index in [4.69, 9.17) is 4.74 Å². The molecule has 8 heteroatoms. The number of anilines is 1. The average Bonchev–Trinajstić information content (AvgIpc) is 2.86. The van der Waals surface area contributed by atoms with Crippen molar-refractivity contribution in [1.82, 2.24) is 9.78 Å². The fourth-order valence-electron chi connectivity index (χ4n) is 3.36. The summed E-state index contributed by atoms with van der Waals surface area (Å²) in [7, 11) is 3.08. The minimum atomic E-state index is -0.626. The van der Waals surface area contributed by atoms with E-state index in [0.717, 1.165) is 5.56 Å². The molecule has 0 radical (unpaired) electrons. The number of nitrogens with zero attached hydrogens (tertiary/aromatic N) is 3. The van der Waals surface area contributed by atoms with E-state index in [-0.39, 0.29) is 5.69 Å². The van der Waals surface area contributed by atoms with Crippen LogP contribution in [0.2, 0.25) is 0 Å². The van der Waals surface area contributed by atoms with E-state index in [0.29, 0.717) is 28.3 Å². The van der Waals surface area contributed by atoms with Gasteiger partial charge >= 0.3 is 5.97 Å². The Hall–Kier alpha value is -3.16. The first-order valence-electron chi connectivity index (χ1n) is 7.69. The number of carbonyl (C=O) groups excluding carboxylic acids is 1. The van der Waals surface area contributed by atoms with Gasteiger partial charge in [-0.05, 0) is 13.8 Å². The number of para-hydroxylation sites is 1. The summed E-state index contributed by atoms with van der Waals surface area (Å²) in [6.45, 7) is 3.57. The molecule has 0 fully saturated rings. The standard InChI is InChI=1S/C17H18N4O4/c1-9-14(17(22)25-4)15(11-7-5-6-8-12(11)21(23)24)13-10(2)19-20(3)16(13)18-9/h5-8,15,18H,1-4H3. The zero-order valence-electron chi connectivity index (χ0n) is 14.4. The summed E-state index contributed by atoms with van der Waals surface area (Å²) in [5.74, 6) is -0.438. The van der Waals surface area contributed by atoms with Gasteiger partial charge in [-0.1, -0.05) is 18.2 Å². The van der Waals surface area contributed by atoms with Crippen LogP contribution in [0.5, 0.6) is 0 Å².